The van der Waals surface area contributed by atoms with E-state index < -0.39 is 0 Å². The topological polar surface area (TPSA) is 29.1 Å². The molecular formula is C10H17NOS. The van der Waals surface area contributed by atoms with E-state index in [9.17, 15) is 4.79 Å². The standard InChI is InChI=1S/C10H13NO.H2S.H2/c1-7-4-5-9(6-8(7)2)10(12)11-3;;/h4-6H,1-3H3,(H,11,12);1H2;1H. The van der Waals surface area contributed by atoms with E-state index in [1.165, 1.54) is 5.56 Å². The first-order valence-electron chi connectivity index (χ1n) is 3.94. The lowest BCUT2D eigenvalue weighted by atomic mass is 10.1. The summed E-state index contributed by atoms with van der Waals surface area (Å²) < 4.78 is 0. The lowest BCUT2D eigenvalue weighted by Gasteiger charge is -2.03. The molecule has 0 heterocycles. The van der Waals surface area contributed by atoms with Crippen LogP contribution >= 0.6 is 13.5 Å². The smallest absolute Gasteiger partial charge is 0.251 e. The Morgan fingerprint density at radius 3 is 2.38 bits per heavy atom. The molecule has 0 spiro atoms. The zero-order valence-corrected chi connectivity index (χ0v) is 9.14. The van der Waals surface area contributed by atoms with E-state index in [-0.39, 0.29) is 20.8 Å². The van der Waals surface area contributed by atoms with Gasteiger partial charge in [0.25, 0.3) is 5.91 Å². The van der Waals surface area contributed by atoms with Gasteiger partial charge in [-0.3, -0.25) is 4.79 Å². The van der Waals surface area contributed by atoms with Crippen LogP contribution in [-0.4, -0.2) is 13.0 Å². The number of benzene rings is 1. The Morgan fingerprint density at radius 1 is 1.31 bits per heavy atom. The quantitative estimate of drug-likeness (QED) is 0.736. The van der Waals surface area contributed by atoms with Crippen LogP contribution in [0, 0.1) is 13.8 Å². The fourth-order valence-corrected chi connectivity index (χ4v) is 1.03. The van der Waals surface area contributed by atoms with Gasteiger partial charge in [-0.05, 0) is 37.1 Å². The summed E-state index contributed by atoms with van der Waals surface area (Å²) in [6, 6.07) is 5.69. The van der Waals surface area contributed by atoms with Crippen molar-refractivity contribution in [1.29, 1.82) is 0 Å². The average Bonchev–Trinajstić information content (AvgIpc) is 2.08. The molecule has 0 bridgehead atoms. The maximum atomic E-state index is 11.2. The number of hydrogen-bond donors (Lipinski definition) is 1. The molecule has 0 atom stereocenters. The van der Waals surface area contributed by atoms with Gasteiger partial charge < -0.3 is 5.32 Å². The molecule has 1 rings (SSSR count). The zero-order valence-electron chi connectivity index (χ0n) is 8.14. The zero-order chi connectivity index (χ0) is 9.14. The van der Waals surface area contributed by atoms with Crippen LogP contribution < -0.4 is 5.32 Å². The second-order valence-electron chi connectivity index (χ2n) is 2.88. The van der Waals surface area contributed by atoms with Crippen LogP contribution in [0.2, 0.25) is 0 Å². The van der Waals surface area contributed by atoms with E-state index in [1.807, 2.05) is 32.0 Å². The van der Waals surface area contributed by atoms with E-state index in [0.29, 0.717) is 0 Å². The van der Waals surface area contributed by atoms with E-state index in [1.54, 1.807) is 7.05 Å². The molecule has 74 valence electrons. The highest BCUT2D eigenvalue weighted by Gasteiger charge is 2.02. The Labute approximate surface area is 87.3 Å². The molecule has 0 saturated carbocycles. The number of hydrogen-bond acceptors (Lipinski definition) is 1. The molecule has 0 fully saturated rings. The van der Waals surface area contributed by atoms with Crippen LogP contribution in [0.25, 0.3) is 0 Å². The molecule has 0 aromatic heterocycles. The van der Waals surface area contributed by atoms with Crippen molar-refractivity contribution in [2.45, 2.75) is 13.8 Å². The minimum Gasteiger partial charge on any atom is -0.355 e. The Kier molecular flexibility index (Phi) is 4.56. The van der Waals surface area contributed by atoms with E-state index in [2.05, 4.69) is 5.32 Å². The van der Waals surface area contributed by atoms with Crippen molar-refractivity contribution in [3.63, 3.8) is 0 Å². The third kappa shape index (κ3) is 2.77. The first kappa shape index (κ1) is 12.0. The lowest BCUT2D eigenvalue weighted by Crippen LogP contribution is -2.17. The number of carbonyl (C=O) groups excluding carboxylic acids is 1. The molecule has 0 aliphatic carbocycles. The van der Waals surface area contributed by atoms with Gasteiger partial charge in [-0.15, -0.1) is 0 Å². The van der Waals surface area contributed by atoms with Crippen LogP contribution in [0.15, 0.2) is 18.2 Å². The highest BCUT2D eigenvalue weighted by atomic mass is 32.1. The van der Waals surface area contributed by atoms with Gasteiger partial charge >= 0.3 is 0 Å². The van der Waals surface area contributed by atoms with Crippen LogP contribution in [0.4, 0.5) is 0 Å². The summed E-state index contributed by atoms with van der Waals surface area (Å²) in [7, 11) is 1.64. The third-order valence-corrected chi connectivity index (χ3v) is 2.00. The van der Waals surface area contributed by atoms with E-state index >= 15 is 0 Å². The normalized spacial score (nSPS) is 8.85. The van der Waals surface area contributed by atoms with Gasteiger partial charge in [-0.2, -0.15) is 13.5 Å². The van der Waals surface area contributed by atoms with Crippen LogP contribution in [-0.2, 0) is 0 Å². The molecular weight excluding hydrogens is 182 g/mol. The van der Waals surface area contributed by atoms with Crippen molar-refractivity contribution in [2.75, 3.05) is 7.05 Å². The number of carbonyl (C=O) groups is 1. The summed E-state index contributed by atoms with van der Waals surface area (Å²) in [4.78, 5) is 11.2. The predicted octanol–water partition coefficient (Wildman–Crippen LogP) is 2.02. The maximum absolute atomic E-state index is 11.2. The van der Waals surface area contributed by atoms with Gasteiger partial charge in [0.05, 0.1) is 0 Å². The molecule has 0 radical (unpaired) electrons. The highest BCUT2D eigenvalue weighted by Crippen LogP contribution is 2.09. The van der Waals surface area contributed by atoms with Gasteiger partial charge in [-0.25, -0.2) is 0 Å². The molecule has 0 aliphatic heterocycles. The van der Waals surface area contributed by atoms with Crippen molar-refractivity contribution < 1.29 is 6.22 Å². The number of amides is 1. The highest BCUT2D eigenvalue weighted by molar-refractivity contribution is 7.59. The van der Waals surface area contributed by atoms with Gasteiger partial charge in [0.15, 0.2) is 0 Å². The second-order valence-corrected chi connectivity index (χ2v) is 2.88. The summed E-state index contributed by atoms with van der Waals surface area (Å²) in [5.41, 5.74) is 3.08. The summed E-state index contributed by atoms with van der Waals surface area (Å²) in [5, 5.41) is 2.59. The van der Waals surface area contributed by atoms with Crippen molar-refractivity contribution in [2.24, 2.45) is 0 Å². The van der Waals surface area contributed by atoms with Crippen molar-refractivity contribution in [3.05, 3.63) is 34.9 Å². The molecule has 1 aromatic carbocycles. The Balaban J connectivity index is 0. The van der Waals surface area contributed by atoms with Crippen LogP contribution in [0.1, 0.15) is 22.9 Å². The molecule has 13 heavy (non-hydrogen) atoms. The van der Waals surface area contributed by atoms with Crippen molar-refractivity contribution >= 4 is 19.4 Å². The molecule has 0 saturated heterocycles. The minimum atomic E-state index is -0.0295. The average molecular weight is 199 g/mol. The number of nitrogens with one attached hydrogen (secondary N) is 1. The summed E-state index contributed by atoms with van der Waals surface area (Å²) in [6.45, 7) is 4.03. The Hall–Kier alpha value is -0.960. The summed E-state index contributed by atoms with van der Waals surface area (Å²) in [5.74, 6) is -0.0295. The van der Waals surface area contributed by atoms with Gasteiger partial charge in [0.2, 0.25) is 0 Å². The molecule has 3 heteroatoms. The summed E-state index contributed by atoms with van der Waals surface area (Å²) >= 11 is 0. The molecule has 1 amide bonds. The first-order chi connectivity index (χ1) is 5.65. The van der Waals surface area contributed by atoms with E-state index in [4.69, 9.17) is 0 Å². The van der Waals surface area contributed by atoms with Gasteiger partial charge in [0, 0.05) is 14.0 Å². The van der Waals surface area contributed by atoms with Gasteiger partial charge in [0.1, 0.15) is 0 Å². The first-order valence-corrected chi connectivity index (χ1v) is 3.94. The minimum absolute atomic E-state index is 0. The van der Waals surface area contributed by atoms with Crippen LogP contribution in [0.3, 0.4) is 0 Å². The largest absolute Gasteiger partial charge is 0.355 e. The third-order valence-electron chi connectivity index (χ3n) is 2.00. The SMILES string of the molecule is CNC(=O)c1ccc(C)c(C)c1.S.[HH]. The maximum Gasteiger partial charge on any atom is 0.251 e. The van der Waals surface area contributed by atoms with Gasteiger partial charge in [-0.1, -0.05) is 6.07 Å². The van der Waals surface area contributed by atoms with Crippen molar-refractivity contribution in [1.82, 2.24) is 5.32 Å². The predicted molar refractivity (Wildman–Crippen MR) is 61.8 cm³/mol. The monoisotopic (exact) mass is 199 g/mol. The Morgan fingerprint density at radius 2 is 1.92 bits per heavy atom. The fourth-order valence-electron chi connectivity index (χ4n) is 1.03. The number of rotatable bonds is 1. The van der Waals surface area contributed by atoms with E-state index in [0.717, 1.165) is 11.1 Å². The molecule has 0 unspecified atom stereocenters. The van der Waals surface area contributed by atoms with Crippen molar-refractivity contribution in [3.8, 4) is 0 Å². The fraction of sp³-hybridized carbons (Fsp3) is 0.300. The molecule has 1 aromatic rings. The summed E-state index contributed by atoms with van der Waals surface area (Å²) in [6.07, 6.45) is 0. The second kappa shape index (κ2) is 4.92. The molecule has 0 aliphatic rings. The molecule has 2 nitrogen and oxygen atoms in total. The number of aryl methyl sites for hydroxylation is 2. The molecule has 1 N–H and O–H groups in total. The van der Waals surface area contributed by atoms with Crippen LogP contribution in [0.5, 0.6) is 0 Å². The lowest BCUT2D eigenvalue weighted by molar-refractivity contribution is 0.0963. The Bertz CT molecular complexity index is 315.